The minimum absolute atomic E-state index is 0.132. The number of aryl methyl sites for hydroxylation is 1. The highest BCUT2D eigenvalue weighted by Crippen LogP contribution is 2.25. The summed E-state index contributed by atoms with van der Waals surface area (Å²) >= 11 is 0. The van der Waals surface area contributed by atoms with E-state index in [1.165, 1.54) is 5.56 Å². The van der Waals surface area contributed by atoms with Crippen LogP contribution in [0.15, 0.2) is 48.5 Å². The van der Waals surface area contributed by atoms with Gasteiger partial charge in [0.1, 0.15) is 11.5 Å². The van der Waals surface area contributed by atoms with Crippen molar-refractivity contribution in [2.75, 3.05) is 0 Å². The van der Waals surface area contributed by atoms with Gasteiger partial charge in [0.25, 0.3) is 0 Å². The van der Waals surface area contributed by atoms with Crippen LogP contribution in [0.1, 0.15) is 31.9 Å². The van der Waals surface area contributed by atoms with Gasteiger partial charge in [-0.05, 0) is 57.0 Å². The number of ether oxygens (including phenoxy) is 1. The first-order chi connectivity index (χ1) is 9.44. The minimum atomic E-state index is 0.132. The summed E-state index contributed by atoms with van der Waals surface area (Å²) in [5.41, 5.74) is 2.56. The Kier molecular flexibility index (Phi) is 4.46. The highest BCUT2D eigenvalue weighted by molar-refractivity contribution is 5.39. The zero-order chi connectivity index (χ0) is 14.6. The highest BCUT2D eigenvalue weighted by Gasteiger charge is 2.09. The van der Waals surface area contributed by atoms with E-state index in [1.807, 2.05) is 36.4 Å². The van der Waals surface area contributed by atoms with Gasteiger partial charge in [-0.1, -0.05) is 30.3 Å². The van der Waals surface area contributed by atoms with Crippen LogP contribution in [0.3, 0.4) is 0 Å². The van der Waals surface area contributed by atoms with Crippen molar-refractivity contribution >= 4 is 0 Å². The third kappa shape index (κ3) is 4.39. The molecule has 0 aliphatic carbocycles. The molecular formula is C18H23NO. The average Bonchev–Trinajstić information content (AvgIpc) is 2.40. The normalized spacial score (nSPS) is 11.4. The lowest BCUT2D eigenvalue weighted by molar-refractivity contribution is 0.424. The zero-order valence-corrected chi connectivity index (χ0v) is 12.7. The SMILES string of the molecule is Cc1cc(CNC(C)(C)C)ccc1Oc1ccccc1. The third-order valence-corrected chi connectivity index (χ3v) is 3.03. The summed E-state index contributed by atoms with van der Waals surface area (Å²) in [6, 6.07) is 16.2. The second-order valence-electron chi connectivity index (χ2n) is 6.12. The summed E-state index contributed by atoms with van der Waals surface area (Å²) in [7, 11) is 0. The molecule has 20 heavy (non-hydrogen) atoms. The number of rotatable bonds is 4. The van der Waals surface area contributed by atoms with E-state index in [9.17, 15) is 0 Å². The molecule has 0 saturated carbocycles. The summed E-state index contributed by atoms with van der Waals surface area (Å²) in [6.45, 7) is 9.47. The smallest absolute Gasteiger partial charge is 0.130 e. The van der Waals surface area contributed by atoms with Gasteiger partial charge in [-0.3, -0.25) is 0 Å². The van der Waals surface area contributed by atoms with Crippen LogP contribution in [-0.2, 0) is 6.54 Å². The van der Waals surface area contributed by atoms with Crippen LogP contribution in [0, 0.1) is 6.92 Å². The molecule has 0 fully saturated rings. The maximum absolute atomic E-state index is 5.89. The molecule has 2 heteroatoms. The van der Waals surface area contributed by atoms with Gasteiger partial charge in [-0.25, -0.2) is 0 Å². The van der Waals surface area contributed by atoms with Gasteiger partial charge in [0, 0.05) is 12.1 Å². The molecule has 0 aliphatic rings. The van der Waals surface area contributed by atoms with Gasteiger partial charge in [-0.2, -0.15) is 0 Å². The molecule has 0 heterocycles. The standard InChI is InChI=1S/C18H23NO/c1-14-12-15(13-19-18(2,3)4)10-11-17(14)20-16-8-6-5-7-9-16/h5-12,19H,13H2,1-4H3. The van der Waals surface area contributed by atoms with Gasteiger partial charge in [0.15, 0.2) is 0 Å². The monoisotopic (exact) mass is 269 g/mol. The molecule has 2 aromatic carbocycles. The lowest BCUT2D eigenvalue weighted by Crippen LogP contribution is -2.35. The van der Waals surface area contributed by atoms with Crippen molar-refractivity contribution in [3.63, 3.8) is 0 Å². The Morgan fingerprint density at radius 3 is 2.30 bits per heavy atom. The number of para-hydroxylation sites is 1. The fraction of sp³-hybridized carbons (Fsp3) is 0.333. The number of hydrogen-bond acceptors (Lipinski definition) is 2. The maximum atomic E-state index is 5.89. The molecule has 0 radical (unpaired) electrons. The first-order valence-corrected chi connectivity index (χ1v) is 7.01. The summed E-state index contributed by atoms with van der Waals surface area (Å²) in [5, 5.41) is 3.49. The molecule has 2 aromatic rings. The van der Waals surface area contributed by atoms with Crippen molar-refractivity contribution in [3.05, 3.63) is 59.7 Å². The Bertz CT molecular complexity index is 555. The van der Waals surface area contributed by atoms with E-state index in [2.05, 4.69) is 45.1 Å². The average molecular weight is 269 g/mol. The van der Waals surface area contributed by atoms with Crippen LogP contribution in [0.2, 0.25) is 0 Å². The minimum Gasteiger partial charge on any atom is -0.457 e. The van der Waals surface area contributed by atoms with Gasteiger partial charge >= 0.3 is 0 Å². The Hall–Kier alpha value is -1.80. The van der Waals surface area contributed by atoms with E-state index in [4.69, 9.17) is 4.74 Å². The van der Waals surface area contributed by atoms with E-state index >= 15 is 0 Å². The molecule has 2 rings (SSSR count). The van der Waals surface area contributed by atoms with E-state index < -0.39 is 0 Å². The topological polar surface area (TPSA) is 21.3 Å². The first kappa shape index (κ1) is 14.6. The molecule has 0 aromatic heterocycles. The Morgan fingerprint density at radius 1 is 1.00 bits per heavy atom. The van der Waals surface area contributed by atoms with Crippen molar-refractivity contribution < 1.29 is 4.74 Å². The molecule has 2 nitrogen and oxygen atoms in total. The van der Waals surface area contributed by atoms with Gasteiger partial charge < -0.3 is 10.1 Å². The largest absolute Gasteiger partial charge is 0.457 e. The van der Waals surface area contributed by atoms with Crippen LogP contribution in [-0.4, -0.2) is 5.54 Å². The zero-order valence-electron chi connectivity index (χ0n) is 12.7. The molecule has 0 bridgehead atoms. The second-order valence-corrected chi connectivity index (χ2v) is 6.12. The summed E-state index contributed by atoms with van der Waals surface area (Å²) < 4.78 is 5.89. The Balaban J connectivity index is 2.06. The van der Waals surface area contributed by atoms with Crippen LogP contribution < -0.4 is 10.1 Å². The first-order valence-electron chi connectivity index (χ1n) is 7.01. The van der Waals surface area contributed by atoms with Crippen LogP contribution in [0.25, 0.3) is 0 Å². The predicted octanol–water partition coefficient (Wildman–Crippen LogP) is 4.68. The van der Waals surface area contributed by atoms with E-state index in [0.717, 1.165) is 23.6 Å². The van der Waals surface area contributed by atoms with Crippen LogP contribution in [0.5, 0.6) is 11.5 Å². The van der Waals surface area contributed by atoms with Crippen LogP contribution in [0.4, 0.5) is 0 Å². The summed E-state index contributed by atoms with van der Waals surface area (Å²) in [6.07, 6.45) is 0. The van der Waals surface area contributed by atoms with Crippen molar-refractivity contribution in [3.8, 4) is 11.5 Å². The molecular weight excluding hydrogens is 246 g/mol. The van der Waals surface area contributed by atoms with Gasteiger partial charge in [-0.15, -0.1) is 0 Å². The van der Waals surface area contributed by atoms with Crippen molar-refractivity contribution in [1.82, 2.24) is 5.32 Å². The number of hydrogen-bond donors (Lipinski definition) is 1. The quantitative estimate of drug-likeness (QED) is 0.870. The second kappa shape index (κ2) is 6.10. The molecule has 106 valence electrons. The summed E-state index contributed by atoms with van der Waals surface area (Å²) in [4.78, 5) is 0. The van der Waals surface area contributed by atoms with Gasteiger partial charge in [0.05, 0.1) is 0 Å². The number of nitrogens with one attached hydrogen (secondary N) is 1. The molecule has 0 aliphatic heterocycles. The van der Waals surface area contributed by atoms with E-state index in [-0.39, 0.29) is 5.54 Å². The molecule has 0 unspecified atom stereocenters. The fourth-order valence-corrected chi connectivity index (χ4v) is 1.92. The van der Waals surface area contributed by atoms with E-state index in [0.29, 0.717) is 0 Å². The van der Waals surface area contributed by atoms with Crippen LogP contribution >= 0.6 is 0 Å². The Morgan fingerprint density at radius 2 is 1.70 bits per heavy atom. The molecule has 0 amide bonds. The molecule has 1 N–H and O–H groups in total. The molecule has 0 atom stereocenters. The van der Waals surface area contributed by atoms with E-state index in [1.54, 1.807) is 0 Å². The predicted molar refractivity (Wildman–Crippen MR) is 84.3 cm³/mol. The fourth-order valence-electron chi connectivity index (χ4n) is 1.92. The molecule has 0 spiro atoms. The lowest BCUT2D eigenvalue weighted by atomic mass is 10.1. The van der Waals surface area contributed by atoms with Crippen molar-refractivity contribution in [2.24, 2.45) is 0 Å². The third-order valence-electron chi connectivity index (χ3n) is 3.03. The van der Waals surface area contributed by atoms with Crippen molar-refractivity contribution in [1.29, 1.82) is 0 Å². The maximum Gasteiger partial charge on any atom is 0.130 e. The highest BCUT2D eigenvalue weighted by atomic mass is 16.5. The number of benzene rings is 2. The lowest BCUT2D eigenvalue weighted by Gasteiger charge is -2.21. The summed E-state index contributed by atoms with van der Waals surface area (Å²) in [5.74, 6) is 1.78. The van der Waals surface area contributed by atoms with Crippen molar-refractivity contribution in [2.45, 2.75) is 39.8 Å². The molecule has 0 saturated heterocycles. The van der Waals surface area contributed by atoms with Gasteiger partial charge in [0.2, 0.25) is 0 Å². The Labute approximate surface area is 121 Å².